The topological polar surface area (TPSA) is 38.8 Å². The van der Waals surface area contributed by atoms with Gasteiger partial charge in [-0.25, -0.2) is 0 Å². The number of carbonyl (C=O) groups is 1. The summed E-state index contributed by atoms with van der Waals surface area (Å²) in [6.45, 7) is 1.27. The van der Waals surface area contributed by atoms with E-state index in [4.69, 9.17) is 4.74 Å². The Balaban J connectivity index is 1.75. The highest BCUT2D eigenvalue weighted by Crippen LogP contribution is 2.33. The van der Waals surface area contributed by atoms with Crippen LogP contribution >= 0.6 is 0 Å². The van der Waals surface area contributed by atoms with Gasteiger partial charge in [0.2, 0.25) is 5.91 Å². The third-order valence-corrected chi connectivity index (χ3v) is 4.13. The van der Waals surface area contributed by atoms with Crippen molar-refractivity contribution in [3.8, 4) is 5.75 Å². The van der Waals surface area contributed by atoms with Crippen LogP contribution in [0.5, 0.6) is 5.75 Å². The van der Waals surface area contributed by atoms with Crippen LogP contribution in [0.1, 0.15) is 31.2 Å². The zero-order valence-corrected chi connectivity index (χ0v) is 12.6. The highest BCUT2D eigenvalue weighted by Gasteiger charge is 2.32. The van der Waals surface area contributed by atoms with E-state index in [1.165, 1.54) is 18.2 Å². The molecule has 0 aromatic heterocycles. The summed E-state index contributed by atoms with van der Waals surface area (Å²) in [5.41, 5.74) is 1.38. The third kappa shape index (κ3) is 3.96. The minimum Gasteiger partial charge on any atom is -0.406 e. The van der Waals surface area contributed by atoms with Crippen LogP contribution in [0.25, 0.3) is 0 Å². The number of ether oxygens (including phenoxy) is 2. The molecule has 7 heteroatoms. The maximum atomic E-state index is 12.5. The van der Waals surface area contributed by atoms with Crippen LogP contribution in [-0.2, 0) is 16.0 Å². The molecule has 1 atom stereocenters. The molecule has 0 saturated carbocycles. The summed E-state index contributed by atoms with van der Waals surface area (Å²) in [6.07, 6.45) is -1.23. The first-order chi connectivity index (χ1) is 10.9. The fourth-order valence-corrected chi connectivity index (χ4v) is 3.14. The molecular weight excluding hydrogens is 311 g/mol. The number of hydrogen-bond acceptors (Lipinski definition) is 3. The Labute approximate surface area is 132 Å². The number of nitrogens with zero attached hydrogens (tertiary/aromatic N) is 1. The molecule has 1 unspecified atom stereocenters. The van der Waals surface area contributed by atoms with Gasteiger partial charge in [0.1, 0.15) is 5.75 Å². The maximum absolute atomic E-state index is 12.5. The molecule has 0 aliphatic carbocycles. The Morgan fingerprint density at radius 1 is 1.35 bits per heavy atom. The molecule has 1 aromatic rings. The van der Waals surface area contributed by atoms with E-state index in [0.29, 0.717) is 37.2 Å². The second kappa shape index (κ2) is 6.39. The van der Waals surface area contributed by atoms with Gasteiger partial charge in [0.05, 0.1) is 12.5 Å². The Kier molecular flexibility index (Phi) is 4.48. The number of fused-ring (bicyclic) bond motifs is 1. The van der Waals surface area contributed by atoms with Gasteiger partial charge < -0.3 is 14.4 Å². The summed E-state index contributed by atoms with van der Waals surface area (Å²) in [7, 11) is 0. The van der Waals surface area contributed by atoms with Crippen molar-refractivity contribution in [2.24, 2.45) is 0 Å². The van der Waals surface area contributed by atoms with Crippen molar-refractivity contribution in [1.82, 2.24) is 0 Å². The lowest BCUT2D eigenvalue weighted by atomic mass is 10.0. The molecule has 0 bridgehead atoms. The maximum Gasteiger partial charge on any atom is 0.573 e. The van der Waals surface area contributed by atoms with Gasteiger partial charge in [0.15, 0.2) is 0 Å². The summed E-state index contributed by atoms with van der Waals surface area (Å²) < 4.78 is 46.3. The average molecular weight is 329 g/mol. The SMILES string of the molecule is O=C(CC1CCCO1)N1CCCc2cc(OC(F)(F)F)ccc21. The van der Waals surface area contributed by atoms with E-state index in [1.807, 2.05) is 0 Å². The number of alkyl halides is 3. The van der Waals surface area contributed by atoms with Crippen LogP contribution in [0.2, 0.25) is 0 Å². The predicted molar refractivity (Wildman–Crippen MR) is 77.4 cm³/mol. The van der Waals surface area contributed by atoms with E-state index >= 15 is 0 Å². The van der Waals surface area contributed by atoms with Crippen molar-refractivity contribution in [3.63, 3.8) is 0 Å². The van der Waals surface area contributed by atoms with Crippen molar-refractivity contribution in [2.45, 2.75) is 44.6 Å². The van der Waals surface area contributed by atoms with Crippen molar-refractivity contribution in [2.75, 3.05) is 18.1 Å². The number of hydrogen-bond donors (Lipinski definition) is 0. The van der Waals surface area contributed by atoms with E-state index in [-0.39, 0.29) is 17.8 Å². The number of amides is 1. The molecular formula is C16H18F3NO3. The summed E-state index contributed by atoms with van der Waals surface area (Å²) in [5, 5.41) is 0. The van der Waals surface area contributed by atoms with Crippen molar-refractivity contribution in [3.05, 3.63) is 23.8 Å². The molecule has 1 amide bonds. The second-order valence-electron chi connectivity index (χ2n) is 5.83. The van der Waals surface area contributed by atoms with Crippen molar-refractivity contribution < 1.29 is 27.4 Å². The van der Waals surface area contributed by atoms with E-state index in [0.717, 1.165) is 19.3 Å². The lowest BCUT2D eigenvalue weighted by Crippen LogP contribution is -2.37. The van der Waals surface area contributed by atoms with E-state index in [2.05, 4.69) is 4.74 Å². The molecule has 23 heavy (non-hydrogen) atoms. The largest absolute Gasteiger partial charge is 0.573 e. The third-order valence-electron chi connectivity index (χ3n) is 4.13. The van der Waals surface area contributed by atoms with Gasteiger partial charge in [-0.2, -0.15) is 0 Å². The molecule has 2 aliphatic rings. The second-order valence-corrected chi connectivity index (χ2v) is 5.83. The number of carbonyl (C=O) groups excluding carboxylic acids is 1. The van der Waals surface area contributed by atoms with Gasteiger partial charge >= 0.3 is 6.36 Å². The lowest BCUT2D eigenvalue weighted by molar-refractivity contribution is -0.274. The Bertz CT molecular complexity index is 582. The summed E-state index contributed by atoms with van der Waals surface area (Å²) in [6, 6.07) is 4.15. The summed E-state index contributed by atoms with van der Waals surface area (Å²) >= 11 is 0. The first-order valence-corrected chi connectivity index (χ1v) is 7.73. The van der Waals surface area contributed by atoms with E-state index in [9.17, 15) is 18.0 Å². The van der Waals surface area contributed by atoms with Gasteiger partial charge in [-0.05, 0) is 49.4 Å². The van der Waals surface area contributed by atoms with Crippen LogP contribution in [0.3, 0.4) is 0 Å². The Morgan fingerprint density at radius 3 is 2.87 bits per heavy atom. The highest BCUT2D eigenvalue weighted by atomic mass is 19.4. The highest BCUT2D eigenvalue weighted by molar-refractivity contribution is 5.95. The number of benzene rings is 1. The number of rotatable bonds is 3. The smallest absolute Gasteiger partial charge is 0.406 e. The molecule has 1 aromatic carbocycles. The molecule has 0 N–H and O–H groups in total. The normalized spacial score (nSPS) is 21.2. The minimum absolute atomic E-state index is 0.0395. The molecule has 1 saturated heterocycles. The summed E-state index contributed by atoms with van der Waals surface area (Å²) in [4.78, 5) is 14.1. The summed E-state index contributed by atoms with van der Waals surface area (Å²) in [5.74, 6) is -0.285. The minimum atomic E-state index is -4.71. The van der Waals surface area contributed by atoms with Crippen molar-refractivity contribution in [1.29, 1.82) is 0 Å². The standard InChI is InChI=1S/C16H18F3NO3/c17-16(18,19)23-13-5-6-14-11(9-13)3-1-7-20(14)15(21)10-12-4-2-8-22-12/h5-6,9,12H,1-4,7-8,10H2. The van der Waals surface area contributed by atoms with Crippen LogP contribution in [-0.4, -0.2) is 31.5 Å². The van der Waals surface area contributed by atoms with Crippen molar-refractivity contribution >= 4 is 11.6 Å². The van der Waals surface area contributed by atoms with Gasteiger partial charge in [-0.1, -0.05) is 0 Å². The molecule has 2 aliphatic heterocycles. The first kappa shape index (κ1) is 16.1. The quantitative estimate of drug-likeness (QED) is 0.853. The lowest BCUT2D eigenvalue weighted by Gasteiger charge is -2.30. The zero-order valence-electron chi connectivity index (χ0n) is 12.6. The molecule has 2 heterocycles. The molecule has 3 rings (SSSR count). The van der Waals surface area contributed by atoms with Crippen LogP contribution < -0.4 is 9.64 Å². The molecule has 4 nitrogen and oxygen atoms in total. The fourth-order valence-electron chi connectivity index (χ4n) is 3.14. The predicted octanol–water partition coefficient (Wildman–Crippen LogP) is 3.43. The van der Waals surface area contributed by atoms with Crippen LogP contribution in [0.4, 0.5) is 18.9 Å². The number of halogens is 3. The number of anilines is 1. The van der Waals surface area contributed by atoms with E-state index in [1.54, 1.807) is 4.90 Å². The Morgan fingerprint density at radius 2 is 2.17 bits per heavy atom. The molecule has 126 valence electrons. The van der Waals surface area contributed by atoms with Crippen LogP contribution in [0.15, 0.2) is 18.2 Å². The first-order valence-electron chi connectivity index (χ1n) is 7.73. The number of aryl methyl sites for hydroxylation is 1. The monoisotopic (exact) mass is 329 g/mol. The van der Waals surface area contributed by atoms with Crippen LogP contribution in [0, 0.1) is 0 Å². The average Bonchev–Trinajstić information content (AvgIpc) is 2.97. The van der Waals surface area contributed by atoms with Gasteiger partial charge in [0.25, 0.3) is 0 Å². The van der Waals surface area contributed by atoms with E-state index < -0.39 is 6.36 Å². The zero-order chi connectivity index (χ0) is 16.4. The molecule has 0 spiro atoms. The van der Waals surface area contributed by atoms with Gasteiger partial charge in [0, 0.05) is 18.8 Å². The Hall–Kier alpha value is -1.76. The van der Waals surface area contributed by atoms with Gasteiger partial charge in [-0.15, -0.1) is 13.2 Å². The molecule has 0 radical (unpaired) electrons. The van der Waals surface area contributed by atoms with Gasteiger partial charge in [-0.3, -0.25) is 4.79 Å². The molecule has 1 fully saturated rings. The fraction of sp³-hybridized carbons (Fsp3) is 0.562.